The molecule has 0 amide bonds. The molecule has 0 unspecified atom stereocenters. The van der Waals surface area contributed by atoms with Crippen molar-refractivity contribution in [2.24, 2.45) is 0 Å². The Morgan fingerprint density at radius 2 is 0.570 bits per heavy atom. The summed E-state index contributed by atoms with van der Waals surface area (Å²) in [4.78, 5) is 8.13. The lowest BCUT2D eigenvalue weighted by Gasteiger charge is -2.47. The second-order valence-corrected chi connectivity index (χ2v) is 33.4. The van der Waals surface area contributed by atoms with Crippen LogP contribution in [0.1, 0.15) is 259 Å². The third-order valence-electron chi connectivity index (χ3n) is 20.8. The second-order valence-electron chi connectivity index (χ2n) is 33.4. The number of nitrogens with zero attached hydrogens (tertiary/aromatic N) is 3. The quantitative estimate of drug-likeness (QED) is 0.120. The molecule has 0 aromatic heterocycles. The zero-order valence-electron chi connectivity index (χ0n) is 59.1. The van der Waals surface area contributed by atoms with Crippen molar-refractivity contribution in [2.75, 3.05) is 14.7 Å². The van der Waals surface area contributed by atoms with Crippen molar-refractivity contribution in [3.63, 3.8) is 0 Å². The summed E-state index contributed by atoms with van der Waals surface area (Å²) in [6.45, 7) is 66.7. The number of hydrogen-bond acceptors (Lipinski definition) is 3. The van der Waals surface area contributed by atoms with Crippen LogP contribution in [0.3, 0.4) is 0 Å². The van der Waals surface area contributed by atoms with Crippen LogP contribution < -0.4 is 31.1 Å². The van der Waals surface area contributed by atoms with Gasteiger partial charge in [0.2, 0.25) is 0 Å². The molecule has 0 bridgehead atoms. The summed E-state index contributed by atoms with van der Waals surface area (Å²) in [5, 5.41) is 0. The maximum atomic E-state index is 2.73. The van der Waals surface area contributed by atoms with Gasteiger partial charge in [-0.15, -0.1) is 0 Å². The van der Waals surface area contributed by atoms with E-state index in [-0.39, 0.29) is 50.0 Å². The Labute approximate surface area is 524 Å². The first-order chi connectivity index (χ1) is 39.6. The van der Waals surface area contributed by atoms with Crippen molar-refractivity contribution in [3.05, 3.63) is 176 Å². The summed E-state index contributed by atoms with van der Waals surface area (Å²) in [5.41, 5.74) is 30.7. The van der Waals surface area contributed by atoms with Gasteiger partial charge in [-0.05, 0) is 228 Å². The van der Waals surface area contributed by atoms with Gasteiger partial charge in [-0.1, -0.05) is 227 Å². The van der Waals surface area contributed by atoms with Crippen molar-refractivity contribution < 1.29 is 0 Å². The van der Waals surface area contributed by atoms with Crippen LogP contribution >= 0.6 is 0 Å². The van der Waals surface area contributed by atoms with E-state index in [1.807, 2.05) is 0 Å². The molecule has 456 valence electrons. The molecule has 9 rings (SSSR count). The molecule has 0 saturated heterocycles. The van der Waals surface area contributed by atoms with Crippen molar-refractivity contribution in [2.45, 2.75) is 263 Å². The highest BCUT2D eigenvalue weighted by Crippen LogP contribution is 2.53. The summed E-state index contributed by atoms with van der Waals surface area (Å²) in [5.74, 6) is 0. The largest absolute Gasteiger partial charge is 0.311 e. The summed E-state index contributed by atoms with van der Waals surface area (Å²) < 4.78 is 0. The first kappa shape index (κ1) is 64.5. The number of aryl methyl sites for hydroxylation is 4. The molecule has 0 fully saturated rings. The van der Waals surface area contributed by atoms with Crippen LogP contribution in [0.5, 0.6) is 0 Å². The Morgan fingerprint density at radius 1 is 0.302 bits per heavy atom. The fourth-order valence-electron chi connectivity index (χ4n) is 13.8. The molecular weight excluding hydrogens is 1040 g/mol. The van der Waals surface area contributed by atoms with Crippen molar-refractivity contribution in [3.8, 4) is 0 Å². The van der Waals surface area contributed by atoms with Gasteiger partial charge in [0, 0.05) is 34.1 Å². The van der Waals surface area contributed by atoms with Crippen LogP contribution in [0.4, 0.5) is 51.2 Å². The van der Waals surface area contributed by atoms with Crippen LogP contribution in [0.2, 0.25) is 0 Å². The van der Waals surface area contributed by atoms with Crippen molar-refractivity contribution in [1.29, 1.82) is 0 Å². The molecule has 2 aliphatic rings. The predicted molar refractivity (Wildman–Crippen MR) is 382 cm³/mol. The molecule has 3 nitrogen and oxygen atoms in total. The first-order valence-electron chi connectivity index (χ1n) is 33.0. The summed E-state index contributed by atoms with van der Waals surface area (Å²) in [6.07, 6.45) is 4.33. The topological polar surface area (TPSA) is 9.72 Å². The lowest BCUT2D eigenvalue weighted by Crippen LogP contribution is -2.62. The SMILES string of the molecule is CCC(C)(CC)c1cc(C)c(N2c3ccc(C(C)(C)C)cc3B3c4cc(C(C)(C)C)ccc4N(c4c(C)cc(C(C)(CC)CC)cc4C)c4cc(N(c5cc(C(C)(C)C)cc(C(C)(C)C)c5)c5cc(C(C)(C)C)cc(C(C)(C)C)c5)cc2c43)c(C)c1. The molecule has 86 heavy (non-hydrogen) atoms. The minimum atomic E-state index is -0.112. The van der Waals surface area contributed by atoms with Gasteiger partial charge >= 0.3 is 0 Å². The Morgan fingerprint density at radius 3 is 0.826 bits per heavy atom. The minimum absolute atomic E-state index is 0.0626. The molecule has 7 aromatic carbocycles. The Hall–Kier alpha value is -6.00. The second kappa shape index (κ2) is 21.9. The van der Waals surface area contributed by atoms with E-state index in [0.29, 0.717) is 0 Å². The van der Waals surface area contributed by atoms with E-state index in [1.165, 1.54) is 129 Å². The van der Waals surface area contributed by atoms with Crippen molar-refractivity contribution in [1.82, 2.24) is 0 Å². The first-order valence-corrected chi connectivity index (χ1v) is 33.0. The van der Waals surface area contributed by atoms with Gasteiger partial charge < -0.3 is 14.7 Å². The van der Waals surface area contributed by atoms with E-state index in [1.54, 1.807) is 0 Å². The molecule has 7 aromatic rings. The highest BCUT2D eigenvalue weighted by atomic mass is 15.2. The van der Waals surface area contributed by atoms with E-state index in [4.69, 9.17) is 0 Å². The van der Waals surface area contributed by atoms with E-state index < -0.39 is 0 Å². The standard InChI is InChI=1S/C82H110BN3/c1-29-81(27,30-2)61-37-51(5)73(52(6)38-61)85-68-35-33-55(75(9,10)11)47-66(68)83-67-48-56(76(12,13)14)34-36-69(67)86(74-53(7)39-62(40-54(74)8)82(28,31-3)32-4)71-50-65(49-70(85)72(71)83)84(63-43-57(77(15,16)17)41-58(44-63)78(18,19)20)64-45-59(79(21,22)23)42-60(46-64)80(24,25)26/h33-50H,29-32H2,1-28H3. The Balaban J connectivity index is 1.56. The lowest BCUT2D eigenvalue weighted by atomic mass is 9.33. The van der Waals surface area contributed by atoms with E-state index in [0.717, 1.165) is 31.4 Å². The average Bonchev–Trinajstić information content (AvgIpc) is 0.696. The Bertz CT molecular complexity index is 3390. The molecular formula is C82H110BN3. The molecule has 0 radical (unpaired) electrons. The predicted octanol–water partition coefficient (Wildman–Crippen LogP) is 22.4. The van der Waals surface area contributed by atoms with Gasteiger partial charge in [-0.3, -0.25) is 0 Å². The van der Waals surface area contributed by atoms with Crippen LogP contribution in [-0.2, 0) is 43.3 Å². The van der Waals surface area contributed by atoms with Gasteiger partial charge in [0.15, 0.2) is 0 Å². The van der Waals surface area contributed by atoms with Crippen molar-refractivity contribution >= 4 is 74.3 Å². The highest BCUT2D eigenvalue weighted by Gasteiger charge is 2.46. The number of hydrogen-bond donors (Lipinski definition) is 0. The normalized spacial score (nSPS) is 14.2. The van der Waals surface area contributed by atoms with Crippen LogP contribution in [0.25, 0.3) is 0 Å². The molecule has 0 atom stereocenters. The fraction of sp³-hybridized carbons (Fsp3) is 0.488. The van der Waals surface area contributed by atoms with Gasteiger partial charge in [0.05, 0.1) is 17.1 Å². The molecule has 0 saturated carbocycles. The number of rotatable bonds is 11. The fourth-order valence-corrected chi connectivity index (χ4v) is 13.8. The monoisotopic (exact) mass is 1150 g/mol. The van der Waals surface area contributed by atoms with E-state index >= 15 is 0 Å². The van der Waals surface area contributed by atoms with Gasteiger partial charge in [-0.25, -0.2) is 0 Å². The highest BCUT2D eigenvalue weighted by molar-refractivity contribution is 7.00. The zero-order valence-corrected chi connectivity index (χ0v) is 59.1. The molecule has 0 spiro atoms. The summed E-state index contributed by atoms with van der Waals surface area (Å²) >= 11 is 0. The maximum absolute atomic E-state index is 2.73. The minimum Gasteiger partial charge on any atom is -0.311 e. The number of fused-ring (bicyclic) bond motifs is 4. The third kappa shape index (κ3) is 11.6. The molecule has 2 heterocycles. The summed E-state index contributed by atoms with van der Waals surface area (Å²) in [7, 11) is 0. The van der Waals surface area contributed by atoms with Gasteiger partial charge in [0.1, 0.15) is 0 Å². The van der Waals surface area contributed by atoms with Crippen LogP contribution in [-0.4, -0.2) is 6.71 Å². The number of anilines is 9. The number of benzene rings is 7. The molecule has 2 aliphatic heterocycles. The molecule has 4 heteroatoms. The smallest absolute Gasteiger partial charge is 0.252 e. The Kier molecular flexibility index (Phi) is 16.5. The van der Waals surface area contributed by atoms with E-state index in [2.05, 4.69) is 318 Å². The van der Waals surface area contributed by atoms with Gasteiger partial charge in [0.25, 0.3) is 6.71 Å². The van der Waals surface area contributed by atoms with E-state index in [9.17, 15) is 0 Å². The summed E-state index contributed by atoms with van der Waals surface area (Å²) in [6, 6.07) is 45.5. The maximum Gasteiger partial charge on any atom is 0.252 e. The van der Waals surface area contributed by atoms with Crippen LogP contribution in [0, 0.1) is 27.7 Å². The van der Waals surface area contributed by atoms with Crippen LogP contribution in [0.15, 0.2) is 109 Å². The third-order valence-corrected chi connectivity index (χ3v) is 20.8. The average molecular weight is 1150 g/mol. The van der Waals surface area contributed by atoms with Gasteiger partial charge in [-0.2, -0.15) is 0 Å². The molecule has 0 aliphatic carbocycles. The molecule has 0 N–H and O–H groups in total. The zero-order chi connectivity index (χ0) is 63.7. The lowest BCUT2D eigenvalue weighted by molar-refractivity contribution is 0.438.